The van der Waals surface area contributed by atoms with Crippen LogP contribution >= 0.6 is 0 Å². The summed E-state index contributed by atoms with van der Waals surface area (Å²) in [7, 11) is 0. The van der Waals surface area contributed by atoms with Gasteiger partial charge < -0.3 is 10.6 Å². The number of hydrogen-bond acceptors (Lipinski definition) is 4. The van der Waals surface area contributed by atoms with Crippen molar-refractivity contribution in [3.8, 4) is 0 Å². The van der Waals surface area contributed by atoms with Gasteiger partial charge in [0.15, 0.2) is 0 Å². The van der Waals surface area contributed by atoms with E-state index in [0.29, 0.717) is 19.4 Å². The number of amides is 1. The fourth-order valence-corrected chi connectivity index (χ4v) is 1.86. The molecule has 1 rings (SSSR count). The van der Waals surface area contributed by atoms with E-state index in [4.69, 9.17) is 0 Å². The van der Waals surface area contributed by atoms with Gasteiger partial charge in [0.2, 0.25) is 5.91 Å². The summed E-state index contributed by atoms with van der Waals surface area (Å²) in [4.78, 5) is 21.9. The summed E-state index contributed by atoms with van der Waals surface area (Å²) in [5, 5.41) is 16.7. The standard InChI is InChI=1S/C14H21N3O3/c1-3-15-11(2)10-16-14(18)8-7-12-5-4-6-13(9-12)17(19)20/h4-6,9,11,15H,3,7-8,10H2,1-2H3,(H,16,18)/t11-/m1/s1. The predicted octanol–water partition coefficient (Wildman–Crippen LogP) is 1.64. The molecule has 6 heteroatoms. The zero-order valence-corrected chi connectivity index (χ0v) is 11.9. The Bertz CT molecular complexity index is 463. The maximum absolute atomic E-state index is 11.7. The SMILES string of the molecule is CCN[C@H](C)CNC(=O)CCc1cccc([N+](=O)[O-])c1. The van der Waals surface area contributed by atoms with Crippen molar-refractivity contribution in [2.45, 2.75) is 32.7 Å². The van der Waals surface area contributed by atoms with Crippen molar-refractivity contribution in [1.29, 1.82) is 0 Å². The molecule has 1 aromatic rings. The third-order valence-corrected chi connectivity index (χ3v) is 2.92. The van der Waals surface area contributed by atoms with E-state index in [2.05, 4.69) is 10.6 Å². The highest BCUT2D eigenvalue weighted by molar-refractivity contribution is 5.76. The molecular weight excluding hydrogens is 258 g/mol. The summed E-state index contributed by atoms with van der Waals surface area (Å²) < 4.78 is 0. The second kappa shape index (κ2) is 8.27. The number of nitro groups is 1. The zero-order chi connectivity index (χ0) is 15.0. The quantitative estimate of drug-likeness (QED) is 0.559. The number of benzene rings is 1. The lowest BCUT2D eigenvalue weighted by atomic mass is 10.1. The van der Waals surface area contributed by atoms with Gasteiger partial charge in [-0.05, 0) is 25.5 Å². The van der Waals surface area contributed by atoms with Gasteiger partial charge in [-0.1, -0.05) is 19.1 Å². The molecule has 0 aromatic heterocycles. The monoisotopic (exact) mass is 279 g/mol. The molecule has 0 bridgehead atoms. The minimum atomic E-state index is -0.429. The number of aryl methyl sites for hydroxylation is 1. The first-order valence-corrected chi connectivity index (χ1v) is 6.76. The Kier molecular flexibility index (Phi) is 6.66. The smallest absolute Gasteiger partial charge is 0.269 e. The molecule has 0 spiro atoms. The summed E-state index contributed by atoms with van der Waals surface area (Å²) in [5.74, 6) is -0.0405. The predicted molar refractivity (Wildman–Crippen MR) is 77.6 cm³/mol. The number of rotatable bonds is 8. The number of nitrogens with zero attached hydrogens (tertiary/aromatic N) is 1. The number of nitrogens with one attached hydrogen (secondary N) is 2. The maximum atomic E-state index is 11.7. The summed E-state index contributed by atoms with van der Waals surface area (Å²) >= 11 is 0. The third kappa shape index (κ3) is 5.79. The summed E-state index contributed by atoms with van der Waals surface area (Å²) in [6.07, 6.45) is 0.836. The van der Waals surface area contributed by atoms with Gasteiger partial charge in [-0.25, -0.2) is 0 Å². The number of carbonyl (C=O) groups is 1. The Hall–Kier alpha value is -1.95. The molecule has 1 amide bonds. The van der Waals surface area contributed by atoms with Crippen molar-refractivity contribution in [3.05, 3.63) is 39.9 Å². The van der Waals surface area contributed by atoms with E-state index in [-0.39, 0.29) is 17.6 Å². The van der Waals surface area contributed by atoms with Crippen LogP contribution in [0.5, 0.6) is 0 Å². The van der Waals surface area contributed by atoms with Crippen molar-refractivity contribution in [1.82, 2.24) is 10.6 Å². The van der Waals surface area contributed by atoms with Crippen LogP contribution in [-0.4, -0.2) is 30.0 Å². The van der Waals surface area contributed by atoms with Crippen molar-refractivity contribution >= 4 is 11.6 Å². The van der Waals surface area contributed by atoms with Crippen molar-refractivity contribution in [2.75, 3.05) is 13.1 Å². The molecule has 0 radical (unpaired) electrons. The largest absolute Gasteiger partial charge is 0.355 e. The maximum Gasteiger partial charge on any atom is 0.269 e. The molecule has 0 unspecified atom stereocenters. The average Bonchev–Trinajstić information content (AvgIpc) is 2.43. The van der Waals surface area contributed by atoms with Gasteiger partial charge >= 0.3 is 0 Å². The molecule has 0 aliphatic carbocycles. The highest BCUT2D eigenvalue weighted by atomic mass is 16.6. The molecule has 1 aromatic carbocycles. The van der Waals surface area contributed by atoms with Crippen LogP contribution in [0.3, 0.4) is 0 Å². The lowest BCUT2D eigenvalue weighted by Crippen LogP contribution is -2.38. The lowest BCUT2D eigenvalue weighted by Gasteiger charge is -2.13. The van der Waals surface area contributed by atoms with E-state index < -0.39 is 4.92 Å². The molecule has 0 aliphatic heterocycles. The number of likely N-dealkylation sites (N-methyl/N-ethyl adjacent to an activating group) is 1. The second-order valence-corrected chi connectivity index (χ2v) is 4.69. The van der Waals surface area contributed by atoms with Crippen molar-refractivity contribution in [3.63, 3.8) is 0 Å². The highest BCUT2D eigenvalue weighted by Crippen LogP contribution is 2.14. The molecule has 0 heterocycles. The van der Waals surface area contributed by atoms with Crippen LogP contribution in [0.2, 0.25) is 0 Å². The van der Waals surface area contributed by atoms with Crippen LogP contribution in [0, 0.1) is 10.1 Å². The van der Waals surface area contributed by atoms with Gasteiger partial charge in [-0.2, -0.15) is 0 Å². The molecule has 20 heavy (non-hydrogen) atoms. The molecule has 110 valence electrons. The van der Waals surface area contributed by atoms with Gasteiger partial charge in [0.05, 0.1) is 4.92 Å². The zero-order valence-electron chi connectivity index (χ0n) is 11.9. The first-order valence-electron chi connectivity index (χ1n) is 6.76. The lowest BCUT2D eigenvalue weighted by molar-refractivity contribution is -0.384. The highest BCUT2D eigenvalue weighted by Gasteiger charge is 2.08. The number of carbonyl (C=O) groups excluding carboxylic acids is 1. The van der Waals surface area contributed by atoms with Crippen LogP contribution in [0.25, 0.3) is 0 Å². The van der Waals surface area contributed by atoms with Crippen molar-refractivity contribution in [2.24, 2.45) is 0 Å². The molecule has 0 fully saturated rings. The van der Waals surface area contributed by atoms with E-state index in [9.17, 15) is 14.9 Å². The van der Waals surface area contributed by atoms with Gasteiger partial charge in [-0.3, -0.25) is 14.9 Å². The summed E-state index contributed by atoms with van der Waals surface area (Å²) in [5.41, 5.74) is 0.859. The number of hydrogen-bond donors (Lipinski definition) is 2. The summed E-state index contributed by atoms with van der Waals surface area (Å²) in [6, 6.07) is 6.62. The molecule has 2 N–H and O–H groups in total. The first kappa shape index (κ1) is 16.1. The molecule has 0 saturated carbocycles. The Morgan fingerprint density at radius 1 is 1.45 bits per heavy atom. The summed E-state index contributed by atoms with van der Waals surface area (Å²) in [6.45, 7) is 5.47. The third-order valence-electron chi connectivity index (χ3n) is 2.92. The van der Waals surface area contributed by atoms with Crippen LogP contribution in [0.1, 0.15) is 25.8 Å². The first-order chi connectivity index (χ1) is 9.52. The van der Waals surface area contributed by atoms with Crippen LogP contribution in [-0.2, 0) is 11.2 Å². The number of nitro benzene ring substituents is 1. The van der Waals surface area contributed by atoms with Gasteiger partial charge in [0.1, 0.15) is 0 Å². The molecule has 6 nitrogen and oxygen atoms in total. The molecular formula is C14H21N3O3. The number of non-ortho nitro benzene ring substituents is 1. The van der Waals surface area contributed by atoms with Gasteiger partial charge in [-0.15, -0.1) is 0 Å². The van der Waals surface area contributed by atoms with E-state index in [1.165, 1.54) is 12.1 Å². The average molecular weight is 279 g/mol. The van der Waals surface area contributed by atoms with Gasteiger partial charge in [0, 0.05) is 31.1 Å². The second-order valence-electron chi connectivity index (χ2n) is 4.69. The fraction of sp³-hybridized carbons (Fsp3) is 0.500. The Labute approximate surface area is 118 Å². The van der Waals surface area contributed by atoms with Gasteiger partial charge in [0.25, 0.3) is 5.69 Å². The van der Waals surface area contributed by atoms with Crippen LogP contribution < -0.4 is 10.6 Å². The molecule has 1 atom stereocenters. The van der Waals surface area contributed by atoms with Crippen molar-refractivity contribution < 1.29 is 9.72 Å². The normalized spacial score (nSPS) is 11.9. The van der Waals surface area contributed by atoms with E-state index in [0.717, 1.165) is 12.1 Å². The Balaban J connectivity index is 2.37. The molecule has 0 aliphatic rings. The van der Waals surface area contributed by atoms with E-state index in [1.807, 2.05) is 13.8 Å². The Morgan fingerprint density at radius 3 is 2.85 bits per heavy atom. The minimum absolute atomic E-state index is 0.0405. The van der Waals surface area contributed by atoms with Crippen LogP contribution in [0.4, 0.5) is 5.69 Å². The topological polar surface area (TPSA) is 84.3 Å². The van der Waals surface area contributed by atoms with Crippen LogP contribution in [0.15, 0.2) is 24.3 Å². The Morgan fingerprint density at radius 2 is 2.20 bits per heavy atom. The van der Waals surface area contributed by atoms with E-state index in [1.54, 1.807) is 12.1 Å². The van der Waals surface area contributed by atoms with E-state index >= 15 is 0 Å². The molecule has 0 saturated heterocycles. The minimum Gasteiger partial charge on any atom is -0.355 e. The fourth-order valence-electron chi connectivity index (χ4n) is 1.86.